The Morgan fingerprint density at radius 2 is 1.83 bits per heavy atom. The molecule has 2 aliphatic heterocycles. The first-order valence-electron chi connectivity index (χ1n) is 10.2. The fourth-order valence-corrected chi connectivity index (χ4v) is 5.17. The molecule has 0 bridgehead atoms. The molecule has 2 fully saturated rings. The molecule has 0 aliphatic carbocycles. The summed E-state index contributed by atoms with van der Waals surface area (Å²) in [5.74, 6) is 0.209. The van der Waals surface area contributed by atoms with Gasteiger partial charge in [-0.3, -0.25) is 4.79 Å². The minimum absolute atomic E-state index is 0.0521. The van der Waals surface area contributed by atoms with Crippen molar-refractivity contribution in [1.82, 2.24) is 9.80 Å². The van der Waals surface area contributed by atoms with Crippen molar-refractivity contribution in [3.05, 3.63) is 63.6 Å². The van der Waals surface area contributed by atoms with E-state index in [1.807, 2.05) is 23.1 Å². The average Bonchev–Trinajstić information content (AvgIpc) is 2.72. The second kappa shape index (κ2) is 8.23. The Morgan fingerprint density at radius 1 is 1.17 bits per heavy atom. The average molecular weight is 491 g/mol. The van der Waals surface area contributed by atoms with Gasteiger partial charge in [-0.2, -0.15) is 0 Å². The lowest BCUT2D eigenvalue weighted by molar-refractivity contribution is -0.184. The fraction of sp³-hybridized carbons (Fsp3) is 0.391. The van der Waals surface area contributed by atoms with Crippen LogP contribution in [-0.2, 0) is 4.79 Å². The van der Waals surface area contributed by atoms with Crippen molar-refractivity contribution in [2.75, 3.05) is 18.4 Å². The van der Waals surface area contributed by atoms with E-state index in [-0.39, 0.29) is 24.0 Å². The molecule has 1 spiro atoms. The van der Waals surface area contributed by atoms with Gasteiger partial charge in [0.05, 0.1) is 11.5 Å². The van der Waals surface area contributed by atoms with Crippen molar-refractivity contribution in [1.29, 1.82) is 0 Å². The summed E-state index contributed by atoms with van der Waals surface area (Å²) >= 11 is 9.50. The zero-order valence-electron chi connectivity index (χ0n) is 17.1. The largest absolute Gasteiger partial charge is 0.332 e. The van der Waals surface area contributed by atoms with Crippen LogP contribution in [0.2, 0.25) is 5.02 Å². The minimum Gasteiger partial charge on any atom is -0.332 e. The third kappa shape index (κ3) is 3.71. The zero-order chi connectivity index (χ0) is 21.5. The van der Waals surface area contributed by atoms with E-state index in [2.05, 4.69) is 47.2 Å². The molecule has 0 radical (unpaired) electrons. The third-order valence-corrected chi connectivity index (χ3v) is 6.99. The molecule has 2 heterocycles. The van der Waals surface area contributed by atoms with Gasteiger partial charge in [0.25, 0.3) is 0 Å². The van der Waals surface area contributed by atoms with Gasteiger partial charge in [0.2, 0.25) is 5.91 Å². The fourth-order valence-electron chi connectivity index (χ4n) is 4.71. The number of amides is 3. The maximum Gasteiger partial charge on any atom is 0.321 e. The molecular weight excluding hydrogens is 466 g/mol. The van der Waals surface area contributed by atoms with Crippen molar-refractivity contribution in [3.63, 3.8) is 0 Å². The smallest absolute Gasteiger partial charge is 0.321 e. The Bertz CT molecular complexity index is 955. The Kier molecular flexibility index (Phi) is 5.82. The van der Waals surface area contributed by atoms with Gasteiger partial charge in [0, 0.05) is 34.3 Å². The summed E-state index contributed by atoms with van der Waals surface area (Å²) in [6.45, 7) is 5.22. The maximum absolute atomic E-state index is 13.2. The van der Waals surface area contributed by atoms with E-state index in [1.165, 1.54) is 0 Å². The van der Waals surface area contributed by atoms with Crippen LogP contribution >= 0.6 is 27.5 Å². The normalized spacial score (nSPS) is 20.4. The highest BCUT2D eigenvalue weighted by atomic mass is 79.9. The number of anilines is 1. The van der Waals surface area contributed by atoms with Crippen LogP contribution in [0.15, 0.2) is 53.0 Å². The first-order valence-corrected chi connectivity index (χ1v) is 11.4. The van der Waals surface area contributed by atoms with Crippen molar-refractivity contribution in [3.8, 4) is 0 Å². The second-order valence-electron chi connectivity index (χ2n) is 8.34. The molecule has 158 valence electrons. The third-order valence-electron chi connectivity index (χ3n) is 6.22. The number of halogens is 2. The van der Waals surface area contributed by atoms with Gasteiger partial charge in [-0.1, -0.05) is 45.7 Å². The van der Waals surface area contributed by atoms with E-state index in [1.54, 1.807) is 23.1 Å². The van der Waals surface area contributed by atoms with E-state index in [4.69, 9.17) is 11.6 Å². The molecule has 2 aromatic rings. The van der Waals surface area contributed by atoms with Crippen molar-refractivity contribution >= 4 is 45.2 Å². The summed E-state index contributed by atoms with van der Waals surface area (Å²) in [7, 11) is 0. The topological polar surface area (TPSA) is 52.7 Å². The molecule has 1 unspecified atom stereocenters. The quantitative estimate of drug-likeness (QED) is 0.560. The van der Waals surface area contributed by atoms with Crippen LogP contribution < -0.4 is 5.32 Å². The van der Waals surface area contributed by atoms with Gasteiger partial charge in [0.1, 0.15) is 0 Å². The Balaban J connectivity index is 1.49. The van der Waals surface area contributed by atoms with Crippen LogP contribution in [-0.4, -0.2) is 40.9 Å². The number of β-lactam (4-membered cyclic amide) rings is 1. The number of nitrogens with one attached hydrogen (secondary N) is 1. The number of benzene rings is 2. The molecule has 1 atom stereocenters. The lowest BCUT2D eigenvalue weighted by Crippen LogP contribution is -2.68. The van der Waals surface area contributed by atoms with E-state index in [0.29, 0.717) is 36.6 Å². The Hall–Kier alpha value is -2.05. The van der Waals surface area contributed by atoms with Crippen LogP contribution in [0, 0.1) is 5.41 Å². The highest BCUT2D eigenvalue weighted by Crippen LogP contribution is 2.56. The lowest BCUT2D eigenvalue weighted by atomic mass is 9.62. The van der Waals surface area contributed by atoms with Crippen LogP contribution in [0.4, 0.5) is 10.5 Å². The number of urea groups is 1. The lowest BCUT2D eigenvalue weighted by Gasteiger charge is -2.60. The number of nitrogens with zero attached hydrogens (tertiary/aromatic N) is 2. The Labute approximate surface area is 190 Å². The van der Waals surface area contributed by atoms with Crippen LogP contribution in [0.3, 0.4) is 0 Å². The van der Waals surface area contributed by atoms with Crippen LogP contribution in [0.25, 0.3) is 0 Å². The molecule has 30 heavy (non-hydrogen) atoms. The second-order valence-corrected chi connectivity index (χ2v) is 9.70. The molecule has 4 rings (SSSR count). The number of carbonyl (C=O) groups is 2. The number of hydrogen-bond acceptors (Lipinski definition) is 2. The predicted molar refractivity (Wildman–Crippen MR) is 123 cm³/mol. The molecule has 7 heteroatoms. The van der Waals surface area contributed by atoms with Gasteiger partial charge in [-0.15, -0.1) is 0 Å². The number of likely N-dealkylation sites (tertiary alicyclic amines) is 2. The predicted octanol–water partition coefficient (Wildman–Crippen LogP) is 5.71. The summed E-state index contributed by atoms with van der Waals surface area (Å²) in [4.78, 5) is 29.7. The van der Waals surface area contributed by atoms with Gasteiger partial charge in [-0.05, 0) is 62.6 Å². The summed E-state index contributed by atoms with van der Waals surface area (Å²) < 4.78 is 1.02. The molecule has 2 aromatic carbocycles. The molecule has 2 aliphatic rings. The van der Waals surface area contributed by atoms with Crippen LogP contribution in [0.5, 0.6) is 0 Å². The molecule has 0 saturated carbocycles. The van der Waals surface area contributed by atoms with Crippen molar-refractivity contribution < 1.29 is 9.59 Å². The van der Waals surface area contributed by atoms with Crippen molar-refractivity contribution in [2.24, 2.45) is 5.41 Å². The van der Waals surface area contributed by atoms with E-state index >= 15 is 0 Å². The van der Waals surface area contributed by atoms with E-state index in [0.717, 1.165) is 10.0 Å². The maximum atomic E-state index is 13.2. The first-order chi connectivity index (χ1) is 14.3. The van der Waals surface area contributed by atoms with Crippen molar-refractivity contribution in [2.45, 2.75) is 38.8 Å². The van der Waals surface area contributed by atoms with Crippen LogP contribution in [0.1, 0.15) is 38.3 Å². The Morgan fingerprint density at radius 3 is 2.43 bits per heavy atom. The SMILES string of the molecule is CC(C)N1C(=O)C2(CCN(C(=O)Nc3cccc(Cl)c3)CC2)C1c1ccc(Br)cc1. The highest BCUT2D eigenvalue weighted by molar-refractivity contribution is 9.10. The zero-order valence-corrected chi connectivity index (χ0v) is 19.4. The molecular formula is C23H25BrClN3O2. The first kappa shape index (κ1) is 21.2. The number of carbonyl (C=O) groups excluding carboxylic acids is 2. The molecule has 2 saturated heterocycles. The standard InChI is InChI=1S/C23H25BrClN3O2/c1-15(2)28-20(16-6-8-17(24)9-7-16)23(21(28)29)10-12-27(13-11-23)22(30)26-19-5-3-4-18(25)14-19/h3-9,14-15,20H,10-13H2,1-2H3,(H,26,30). The number of piperidine rings is 1. The van der Waals surface area contributed by atoms with Gasteiger partial charge < -0.3 is 15.1 Å². The summed E-state index contributed by atoms with van der Waals surface area (Å²) in [6, 6.07) is 15.4. The molecule has 3 amide bonds. The van der Waals surface area contributed by atoms with Gasteiger partial charge in [0.15, 0.2) is 0 Å². The van der Waals surface area contributed by atoms with Gasteiger partial charge >= 0.3 is 6.03 Å². The number of hydrogen-bond donors (Lipinski definition) is 1. The van der Waals surface area contributed by atoms with E-state index < -0.39 is 5.41 Å². The minimum atomic E-state index is -0.426. The van der Waals surface area contributed by atoms with Gasteiger partial charge in [-0.25, -0.2) is 4.79 Å². The highest BCUT2D eigenvalue weighted by Gasteiger charge is 2.62. The summed E-state index contributed by atoms with van der Waals surface area (Å²) in [5.41, 5.74) is 1.40. The molecule has 5 nitrogen and oxygen atoms in total. The number of rotatable bonds is 3. The molecule has 1 N–H and O–H groups in total. The van der Waals surface area contributed by atoms with E-state index in [9.17, 15) is 9.59 Å². The monoisotopic (exact) mass is 489 g/mol. The summed E-state index contributed by atoms with van der Waals surface area (Å²) in [6.07, 6.45) is 1.33. The summed E-state index contributed by atoms with van der Waals surface area (Å²) in [5, 5.41) is 3.49. The molecule has 0 aromatic heterocycles.